The van der Waals surface area contributed by atoms with Gasteiger partial charge >= 0.3 is 5.97 Å². The molecule has 0 aromatic rings. The minimum atomic E-state index is -1.76. The van der Waals surface area contributed by atoms with Gasteiger partial charge in [-0.2, -0.15) is 0 Å². The van der Waals surface area contributed by atoms with Crippen LogP contribution in [0.3, 0.4) is 0 Å². The van der Waals surface area contributed by atoms with Crippen LogP contribution < -0.4 is 0 Å². The molecular formula is C32H64O5Si3. The van der Waals surface area contributed by atoms with Gasteiger partial charge < -0.3 is 18.0 Å². The number of hydrogen-bond acceptors (Lipinski definition) is 5. The molecule has 1 fully saturated rings. The molecule has 0 aromatic carbocycles. The fourth-order valence-corrected chi connectivity index (χ4v) is 9.01. The highest BCUT2D eigenvalue weighted by atomic mass is 28.4. The molecule has 5 atom stereocenters. The van der Waals surface area contributed by atoms with Crippen molar-refractivity contribution >= 4 is 30.9 Å². The Bertz CT molecular complexity index is 805. The highest BCUT2D eigenvalue weighted by molar-refractivity contribution is 6.70. The fourth-order valence-electron chi connectivity index (χ4n) is 5.51. The smallest absolute Gasteiger partial charge is 0.305 e. The summed E-state index contributed by atoms with van der Waals surface area (Å²) < 4.78 is 25.3. The predicted octanol–water partition coefficient (Wildman–Crippen LogP) is 9.35. The van der Waals surface area contributed by atoms with Crippen LogP contribution in [0.25, 0.3) is 0 Å². The highest BCUT2D eigenvalue weighted by Gasteiger charge is 2.45. The molecule has 234 valence electrons. The number of rotatable bonds is 18. The van der Waals surface area contributed by atoms with Crippen molar-refractivity contribution in [2.24, 2.45) is 17.3 Å². The van der Waals surface area contributed by atoms with Crippen LogP contribution in [0.1, 0.15) is 72.1 Å². The van der Waals surface area contributed by atoms with Gasteiger partial charge in [-0.3, -0.25) is 4.79 Å². The first-order valence-electron chi connectivity index (χ1n) is 15.7. The highest BCUT2D eigenvalue weighted by Crippen LogP contribution is 2.43. The van der Waals surface area contributed by atoms with Crippen LogP contribution in [0.2, 0.25) is 58.9 Å². The second-order valence-electron chi connectivity index (χ2n) is 15.3. The van der Waals surface area contributed by atoms with Crippen molar-refractivity contribution in [1.82, 2.24) is 0 Å². The molecule has 1 aliphatic rings. The zero-order valence-corrected chi connectivity index (χ0v) is 31.4. The summed E-state index contributed by atoms with van der Waals surface area (Å²) >= 11 is 0. The van der Waals surface area contributed by atoms with Gasteiger partial charge in [0.15, 0.2) is 25.0 Å². The van der Waals surface area contributed by atoms with E-state index in [-0.39, 0.29) is 35.6 Å². The van der Waals surface area contributed by atoms with Gasteiger partial charge in [0.1, 0.15) is 0 Å². The Hall–Kier alpha value is -0.519. The van der Waals surface area contributed by atoms with E-state index in [0.717, 1.165) is 32.1 Å². The number of ether oxygens (including phenoxy) is 1. The summed E-state index contributed by atoms with van der Waals surface area (Å²) in [7, 11) is -3.80. The molecule has 0 aliphatic heterocycles. The molecule has 1 rings (SSSR count). The standard InChI is InChI=1S/C32H64O5Si3/c1-14-15-24-32(2,3)30(37-40(11,12)13)23-22-27-26(20-18-16-17-19-21-31(33)34-4)28(35-38(5,6)7)25-29(27)36-39(8,9)10/h16,18,22-23,26-30H,14-15,17,19-21,24-25H2,1-13H3/b18-16+,23-22+/t26-,27-,28?,29?,30?/m1/s1. The Balaban J connectivity index is 3.34. The molecular weight excluding hydrogens is 549 g/mol. The maximum atomic E-state index is 11.5. The minimum absolute atomic E-state index is 0.0732. The quantitative estimate of drug-likeness (QED) is 0.0668. The van der Waals surface area contributed by atoms with Gasteiger partial charge in [-0.15, -0.1) is 0 Å². The zero-order valence-electron chi connectivity index (χ0n) is 28.4. The van der Waals surface area contributed by atoms with Gasteiger partial charge in [-0.1, -0.05) is 57.9 Å². The molecule has 0 aromatic heterocycles. The van der Waals surface area contributed by atoms with Crippen molar-refractivity contribution < 1.29 is 22.8 Å². The molecule has 1 saturated carbocycles. The lowest BCUT2D eigenvalue weighted by molar-refractivity contribution is -0.140. The number of carbonyl (C=O) groups is 1. The van der Waals surface area contributed by atoms with E-state index >= 15 is 0 Å². The van der Waals surface area contributed by atoms with E-state index in [2.05, 4.69) is 104 Å². The molecule has 5 nitrogen and oxygen atoms in total. The van der Waals surface area contributed by atoms with E-state index in [1.54, 1.807) is 0 Å². The largest absolute Gasteiger partial charge is 0.469 e. The van der Waals surface area contributed by atoms with Crippen LogP contribution in [-0.2, 0) is 22.8 Å². The molecule has 0 amide bonds. The van der Waals surface area contributed by atoms with Crippen LogP contribution in [0.15, 0.2) is 24.3 Å². The average molecular weight is 613 g/mol. The number of carbonyl (C=O) groups excluding carboxylic acids is 1. The van der Waals surface area contributed by atoms with Crippen LogP contribution in [0.5, 0.6) is 0 Å². The molecule has 0 bridgehead atoms. The van der Waals surface area contributed by atoms with Gasteiger partial charge in [-0.05, 0) is 102 Å². The summed E-state index contributed by atoms with van der Waals surface area (Å²) in [5, 5.41) is 0. The second-order valence-corrected chi connectivity index (χ2v) is 28.7. The van der Waals surface area contributed by atoms with E-state index < -0.39 is 25.0 Å². The lowest BCUT2D eigenvalue weighted by Gasteiger charge is -2.37. The summed E-state index contributed by atoms with van der Waals surface area (Å²) in [6, 6.07) is 0. The van der Waals surface area contributed by atoms with Crippen molar-refractivity contribution in [3.63, 3.8) is 0 Å². The molecule has 0 spiro atoms. The first-order valence-corrected chi connectivity index (χ1v) is 25.9. The monoisotopic (exact) mass is 612 g/mol. The molecule has 0 heterocycles. The van der Waals surface area contributed by atoms with Gasteiger partial charge in [-0.25, -0.2) is 0 Å². The van der Waals surface area contributed by atoms with Crippen LogP contribution >= 0.6 is 0 Å². The molecule has 40 heavy (non-hydrogen) atoms. The van der Waals surface area contributed by atoms with E-state index in [9.17, 15) is 4.79 Å². The Morgan fingerprint density at radius 2 is 1.50 bits per heavy atom. The molecule has 3 unspecified atom stereocenters. The Morgan fingerprint density at radius 3 is 2.02 bits per heavy atom. The van der Waals surface area contributed by atoms with Crippen molar-refractivity contribution in [1.29, 1.82) is 0 Å². The van der Waals surface area contributed by atoms with Gasteiger partial charge in [0.2, 0.25) is 0 Å². The molecule has 8 heteroatoms. The minimum Gasteiger partial charge on any atom is -0.469 e. The van der Waals surface area contributed by atoms with Gasteiger partial charge in [0, 0.05) is 12.3 Å². The predicted molar refractivity (Wildman–Crippen MR) is 178 cm³/mol. The van der Waals surface area contributed by atoms with Crippen LogP contribution in [0, 0.1) is 17.3 Å². The SMILES string of the molecule is CCCCC(C)(C)C(/C=C/[C@H]1C(O[Si](C)(C)C)CC(O[Si](C)(C)C)[C@@H]1C/C=C/CCCC(=O)OC)O[Si](C)(C)C. The summed E-state index contributed by atoms with van der Waals surface area (Å²) in [6.07, 6.45) is 17.4. The van der Waals surface area contributed by atoms with Crippen molar-refractivity contribution in [3.8, 4) is 0 Å². The lowest BCUT2D eigenvalue weighted by atomic mass is 9.80. The fraction of sp³-hybridized carbons (Fsp3) is 0.844. The van der Waals surface area contributed by atoms with Gasteiger partial charge in [0.05, 0.1) is 25.4 Å². The summed E-state index contributed by atoms with van der Waals surface area (Å²) in [5.41, 5.74) is 0.0732. The third-order valence-corrected chi connectivity index (χ3v) is 10.3. The van der Waals surface area contributed by atoms with E-state index in [0.29, 0.717) is 12.3 Å². The Kier molecular flexibility index (Phi) is 15.3. The van der Waals surface area contributed by atoms with E-state index in [1.165, 1.54) is 20.0 Å². The van der Waals surface area contributed by atoms with Crippen molar-refractivity contribution in [2.75, 3.05) is 7.11 Å². The first-order chi connectivity index (χ1) is 18.3. The average Bonchev–Trinajstić information content (AvgIpc) is 3.08. The molecule has 1 aliphatic carbocycles. The van der Waals surface area contributed by atoms with E-state index in [1.807, 2.05) is 0 Å². The second kappa shape index (κ2) is 16.4. The van der Waals surface area contributed by atoms with Crippen molar-refractivity contribution in [3.05, 3.63) is 24.3 Å². The third-order valence-electron chi connectivity index (χ3n) is 7.36. The van der Waals surface area contributed by atoms with E-state index in [4.69, 9.17) is 18.0 Å². The Labute approximate surface area is 251 Å². The Morgan fingerprint density at radius 1 is 0.900 bits per heavy atom. The summed E-state index contributed by atoms with van der Waals surface area (Å²) in [4.78, 5) is 11.5. The molecule has 0 radical (unpaired) electrons. The number of methoxy groups -OCH3 is 1. The summed E-state index contributed by atoms with van der Waals surface area (Å²) in [6.45, 7) is 27.6. The first kappa shape index (κ1) is 37.5. The topological polar surface area (TPSA) is 54.0 Å². The maximum Gasteiger partial charge on any atom is 0.305 e. The number of esters is 1. The van der Waals surface area contributed by atoms with Crippen molar-refractivity contribution in [2.45, 2.75) is 149 Å². The number of unbranched alkanes of at least 4 members (excludes halogenated alkanes) is 2. The zero-order chi connectivity index (χ0) is 30.8. The van der Waals surface area contributed by atoms with Crippen LogP contribution in [-0.4, -0.2) is 56.3 Å². The molecule has 0 N–H and O–H groups in total. The number of allylic oxidation sites excluding steroid dienone is 2. The third kappa shape index (κ3) is 15.1. The normalized spacial score (nSPS) is 23.8. The summed E-state index contributed by atoms with van der Waals surface area (Å²) in [5.74, 6) is 0.497. The maximum absolute atomic E-state index is 11.5. The van der Waals surface area contributed by atoms with Gasteiger partial charge in [0.25, 0.3) is 0 Å². The lowest BCUT2D eigenvalue weighted by Crippen LogP contribution is -2.40. The molecule has 0 saturated heterocycles. The number of hydrogen-bond donors (Lipinski definition) is 0. The van der Waals surface area contributed by atoms with Crippen LogP contribution in [0.4, 0.5) is 0 Å².